The number of nitrogens with one attached hydrogen (secondary N) is 1. The van der Waals surface area contributed by atoms with E-state index in [-0.39, 0.29) is 11.9 Å². The lowest BCUT2D eigenvalue weighted by Crippen LogP contribution is -2.20. The lowest BCUT2D eigenvalue weighted by Gasteiger charge is -2.12. The number of fused-ring (bicyclic) bond motifs is 1. The third-order valence-electron chi connectivity index (χ3n) is 3.15. The predicted octanol–water partition coefficient (Wildman–Crippen LogP) is 2.80. The monoisotopic (exact) mass is 228 g/mol. The number of benzene rings is 1. The van der Waals surface area contributed by atoms with E-state index in [1.165, 1.54) is 17.2 Å². The van der Waals surface area contributed by atoms with Gasteiger partial charge in [-0.05, 0) is 36.1 Å². The van der Waals surface area contributed by atoms with Crippen molar-refractivity contribution in [1.29, 1.82) is 0 Å². The first-order valence-corrected chi connectivity index (χ1v) is 5.77. The molecule has 2 nitrogen and oxygen atoms in total. The molecule has 17 heavy (non-hydrogen) atoms. The summed E-state index contributed by atoms with van der Waals surface area (Å²) in [5, 5.41) is 3.17. The maximum Gasteiger partial charge on any atom is 0.165 e. The predicted molar refractivity (Wildman–Crippen MR) is 65.5 cm³/mol. The number of rotatable bonds is 2. The van der Waals surface area contributed by atoms with Gasteiger partial charge in [-0.25, -0.2) is 9.37 Å². The molecular weight excluding hydrogens is 215 g/mol. The number of hydrogen-bond acceptors (Lipinski definition) is 2. The van der Waals surface area contributed by atoms with Crippen LogP contribution < -0.4 is 5.32 Å². The highest BCUT2D eigenvalue weighted by Gasteiger charge is 2.21. The van der Waals surface area contributed by atoms with Crippen LogP contribution in [0.15, 0.2) is 42.6 Å². The van der Waals surface area contributed by atoms with Crippen LogP contribution >= 0.6 is 0 Å². The van der Waals surface area contributed by atoms with Crippen LogP contribution in [0.25, 0.3) is 0 Å². The molecule has 0 radical (unpaired) electrons. The average molecular weight is 228 g/mol. The van der Waals surface area contributed by atoms with Crippen molar-refractivity contribution < 1.29 is 4.39 Å². The summed E-state index contributed by atoms with van der Waals surface area (Å²) in [4.78, 5) is 4.02. The van der Waals surface area contributed by atoms with Crippen LogP contribution in [0.4, 0.5) is 10.2 Å². The summed E-state index contributed by atoms with van der Waals surface area (Å²) in [6.45, 7) is 0. The molecule has 0 fully saturated rings. The molecule has 1 aliphatic carbocycles. The highest BCUT2D eigenvalue weighted by molar-refractivity contribution is 5.42. The fourth-order valence-corrected chi connectivity index (χ4v) is 2.35. The minimum absolute atomic E-state index is 0.247. The fraction of sp³-hybridized carbons (Fsp3) is 0.214. The zero-order chi connectivity index (χ0) is 11.7. The molecular formula is C14H13FN2. The Morgan fingerprint density at radius 1 is 1.06 bits per heavy atom. The van der Waals surface area contributed by atoms with Crippen LogP contribution in [0.1, 0.15) is 11.1 Å². The Kier molecular flexibility index (Phi) is 2.52. The Morgan fingerprint density at radius 2 is 1.76 bits per heavy atom. The summed E-state index contributed by atoms with van der Waals surface area (Å²) in [6.07, 6.45) is 3.48. The highest BCUT2D eigenvalue weighted by atomic mass is 19.1. The van der Waals surface area contributed by atoms with Gasteiger partial charge in [-0.15, -0.1) is 0 Å². The van der Waals surface area contributed by atoms with Crippen molar-refractivity contribution in [3.63, 3.8) is 0 Å². The van der Waals surface area contributed by atoms with Gasteiger partial charge in [0.25, 0.3) is 0 Å². The summed E-state index contributed by atoms with van der Waals surface area (Å²) in [5.41, 5.74) is 2.70. The van der Waals surface area contributed by atoms with Crippen molar-refractivity contribution in [2.75, 3.05) is 5.32 Å². The summed E-state index contributed by atoms with van der Waals surface area (Å²) in [6, 6.07) is 11.6. The topological polar surface area (TPSA) is 24.9 Å². The minimum Gasteiger partial charge on any atom is -0.364 e. The van der Waals surface area contributed by atoms with E-state index in [0.717, 1.165) is 12.8 Å². The Bertz CT molecular complexity index is 514. The van der Waals surface area contributed by atoms with Crippen LogP contribution in [0.5, 0.6) is 0 Å². The van der Waals surface area contributed by atoms with Gasteiger partial charge in [0.15, 0.2) is 11.6 Å². The van der Waals surface area contributed by atoms with Crippen molar-refractivity contribution in [2.45, 2.75) is 18.9 Å². The van der Waals surface area contributed by atoms with Gasteiger partial charge < -0.3 is 5.32 Å². The average Bonchev–Trinajstić information content (AvgIpc) is 2.74. The van der Waals surface area contributed by atoms with Crippen LogP contribution in [0.2, 0.25) is 0 Å². The zero-order valence-electron chi connectivity index (χ0n) is 9.36. The normalized spacial score (nSPS) is 14.6. The molecule has 1 aromatic carbocycles. The first-order valence-electron chi connectivity index (χ1n) is 5.77. The molecule has 0 atom stereocenters. The fourth-order valence-electron chi connectivity index (χ4n) is 2.35. The lowest BCUT2D eigenvalue weighted by atomic mass is 10.1. The van der Waals surface area contributed by atoms with Crippen LogP contribution in [0.3, 0.4) is 0 Å². The zero-order valence-corrected chi connectivity index (χ0v) is 9.36. The number of aromatic nitrogens is 1. The van der Waals surface area contributed by atoms with Gasteiger partial charge in [-0.3, -0.25) is 0 Å². The molecule has 2 aromatic rings. The van der Waals surface area contributed by atoms with Gasteiger partial charge in [0.1, 0.15) is 0 Å². The number of nitrogens with zero attached hydrogens (tertiary/aromatic N) is 1. The van der Waals surface area contributed by atoms with Gasteiger partial charge in [0.2, 0.25) is 0 Å². The van der Waals surface area contributed by atoms with Gasteiger partial charge in [0, 0.05) is 12.2 Å². The molecule has 0 spiro atoms. The second-order valence-electron chi connectivity index (χ2n) is 4.35. The van der Waals surface area contributed by atoms with E-state index >= 15 is 0 Å². The minimum atomic E-state index is -0.288. The van der Waals surface area contributed by atoms with E-state index in [4.69, 9.17) is 0 Å². The Morgan fingerprint density at radius 3 is 2.41 bits per heavy atom. The van der Waals surface area contributed by atoms with Gasteiger partial charge in [0.05, 0.1) is 0 Å². The maximum absolute atomic E-state index is 13.4. The Labute approximate surface area is 99.5 Å². The van der Waals surface area contributed by atoms with E-state index < -0.39 is 0 Å². The first kappa shape index (κ1) is 10.3. The molecule has 0 bridgehead atoms. The smallest absolute Gasteiger partial charge is 0.165 e. The van der Waals surface area contributed by atoms with Crippen molar-refractivity contribution >= 4 is 5.82 Å². The molecule has 1 N–H and O–H groups in total. The lowest BCUT2D eigenvalue weighted by molar-refractivity contribution is 0.618. The molecule has 0 unspecified atom stereocenters. The van der Waals surface area contributed by atoms with Crippen LogP contribution in [-0.2, 0) is 12.8 Å². The van der Waals surface area contributed by atoms with Crippen LogP contribution in [-0.4, -0.2) is 11.0 Å². The SMILES string of the molecule is Fc1cccnc1NC1Cc2ccccc2C1. The van der Waals surface area contributed by atoms with E-state index in [9.17, 15) is 4.39 Å². The summed E-state index contributed by atoms with van der Waals surface area (Å²) < 4.78 is 13.4. The van der Waals surface area contributed by atoms with E-state index in [0.29, 0.717) is 5.82 Å². The molecule has 86 valence electrons. The summed E-state index contributed by atoms with van der Waals surface area (Å²) in [5.74, 6) is 0.0637. The molecule has 1 aliphatic rings. The number of halogens is 1. The van der Waals surface area contributed by atoms with Crippen molar-refractivity contribution in [3.8, 4) is 0 Å². The largest absolute Gasteiger partial charge is 0.364 e. The molecule has 1 heterocycles. The maximum atomic E-state index is 13.4. The highest BCUT2D eigenvalue weighted by Crippen LogP contribution is 2.24. The summed E-state index contributed by atoms with van der Waals surface area (Å²) in [7, 11) is 0. The third-order valence-corrected chi connectivity index (χ3v) is 3.15. The standard InChI is InChI=1S/C14H13FN2/c15-13-6-3-7-16-14(13)17-12-8-10-4-1-2-5-11(10)9-12/h1-7,12H,8-9H2,(H,16,17). The van der Waals surface area contributed by atoms with Gasteiger partial charge in [-0.2, -0.15) is 0 Å². The number of hydrogen-bond donors (Lipinski definition) is 1. The second-order valence-corrected chi connectivity index (χ2v) is 4.35. The van der Waals surface area contributed by atoms with Crippen molar-refractivity contribution in [2.24, 2.45) is 0 Å². The van der Waals surface area contributed by atoms with Gasteiger partial charge >= 0.3 is 0 Å². The molecule has 0 aliphatic heterocycles. The molecule has 1 aromatic heterocycles. The molecule has 3 rings (SSSR count). The number of pyridine rings is 1. The quantitative estimate of drug-likeness (QED) is 0.855. The van der Waals surface area contributed by atoms with Crippen LogP contribution in [0, 0.1) is 5.82 Å². The van der Waals surface area contributed by atoms with Crippen molar-refractivity contribution in [1.82, 2.24) is 4.98 Å². The van der Waals surface area contributed by atoms with E-state index in [2.05, 4.69) is 22.4 Å². The molecule has 0 amide bonds. The third kappa shape index (κ3) is 2.00. The molecule has 3 heteroatoms. The first-order chi connectivity index (χ1) is 8.33. The summed E-state index contributed by atoms with van der Waals surface area (Å²) >= 11 is 0. The number of anilines is 1. The van der Waals surface area contributed by atoms with Gasteiger partial charge in [-0.1, -0.05) is 24.3 Å². The molecule has 0 saturated heterocycles. The Balaban J connectivity index is 1.76. The molecule has 0 saturated carbocycles. The van der Waals surface area contributed by atoms with E-state index in [1.54, 1.807) is 12.3 Å². The van der Waals surface area contributed by atoms with Crippen molar-refractivity contribution in [3.05, 3.63) is 59.5 Å². The van der Waals surface area contributed by atoms with E-state index in [1.807, 2.05) is 12.1 Å². The Hall–Kier alpha value is -1.90. The second kappa shape index (κ2) is 4.17.